The molecule has 2 atom stereocenters. The van der Waals surface area contributed by atoms with E-state index in [-0.39, 0.29) is 5.95 Å². The molecule has 2 N–H and O–H groups in total. The number of hydrogen-bond donors (Lipinski definition) is 1. The molecule has 0 bridgehead atoms. The second-order valence-electron chi connectivity index (χ2n) is 4.98. The molecule has 1 aromatic rings. The number of anilines is 2. The Kier molecular flexibility index (Phi) is 2.53. The van der Waals surface area contributed by atoms with E-state index in [4.69, 9.17) is 10.5 Å². The molecule has 1 aliphatic heterocycles. The lowest BCUT2D eigenvalue weighted by atomic mass is 10.0. The molecule has 1 aromatic heterocycles. The molecule has 2 unspecified atom stereocenters. The molecule has 0 radical (unpaired) electrons. The van der Waals surface area contributed by atoms with Gasteiger partial charge < -0.3 is 15.4 Å². The minimum atomic E-state index is 0.288. The average molecular weight is 234 g/mol. The quantitative estimate of drug-likeness (QED) is 0.835. The van der Waals surface area contributed by atoms with Crippen LogP contribution in [0.5, 0.6) is 5.88 Å². The van der Waals surface area contributed by atoms with E-state index in [1.807, 2.05) is 6.07 Å². The molecular weight excluding hydrogens is 216 g/mol. The molecule has 92 valence electrons. The highest BCUT2D eigenvalue weighted by atomic mass is 16.5. The van der Waals surface area contributed by atoms with Crippen LogP contribution in [0.2, 0.25) is 0 Å². The van der Waals surface area contributed by atoms with Crippen LogP contribution in [-0.2, 0) is 0 Å². The Balaban J connectivity index is 1.82. The van der Waals surface area contributed by atoms with Gasteiger partial charge in [0.15, 0.2) is 0 Å². The number of rotatable bonds is 2. The largest absolute Gasteiger partial charge is 0.481 e. The van der Waals surface area contributed by atoms with Crippen LogP contribution in [0, 0.1) is 11.8 Å². The zero-order valence-corrected chi connectivity index (χ0v) is 10.1. The highest BCUT2D eigenvalue weighted by Gasteiger charge is 2.36. The number of nitrogens with two attached hydrogens (primary N) is 1. The van der Waals surface area contributed by atoms with Crippen LogP contribution in [0.15, 0.2) is 6.07 Å². The lowest BCUT2D eigenvalue weighted by Crippen LogP contribution is -2.22. The van der Waals surface area contributed by atoms with Crippen molar-refractivity contribution in [3.05, 3.63) is 6.07 Å². The zero-order chi connectivity index (χ0) is 11.8. The Morgan fingerprint density at radius 1 is 1.29 bits per heavy atom. The summed E-state index contributed by atoms with van der Waals surface area (Å²) in [7, 11) is 1.60. The van der Waals surface area contributed by atoms with Crippen LogP contribution < -0.4 is 15.4 Å². The minimum absolute atomic E-state index is 0.288. The van der Waals surface area contributed by atoms with Crippen LogP contribution in [0.25, 0.3) is 0 Å². The number of ether oxygens (including phenoxy) is 1. The maximum atomic E-state index is 5.69. The molecule has 2 heterocycles. The number of hydrogen-bond acceptors (Lipinski definition) is 5. The molecule has 17 heavy (non-hydrogen) atoms. The maximum absolute atomic E-state index is 5.69. The Morgan fingerprint density at radius 2 is 2.00 bits per heavy atom. The first-order valence-corrected chi connectivity index (χ1v) is 6.20. The summed E-state index contributed by atoms with van der Waals surface area (Å²) in [6.07, 6.45) is 4.11. The molecular formula is C12H18N4O. The van der Waals surface area contributed by atoms with Crippen LogP contribution in [0.3, 0.4) is 0 Å². The second-order valence-corrected chi connectivity index (χ2v) is 4.98. The molecule has 5 heteroatoms. The van der Waals surface area contributed by atoms with E-state index in [9.17, 15) is 0 Å². The summed E-state index contributed by atoms with van der Waals surface area (Å²) in [5.41, 5.74) is 5.69. The van der Waals surface area contributed by atoms with E-state index >= 15 is 0 Å². The summed E-state index contributed by atoms with van der Waals surface area (Å²) < 4.78 is 5.13. The third kappa shape index (κ3) is 1.90. The van der Waals surface area contributed by atoms with E-state index in [0.717, 1.165) is 30.7 Å². The van der Waals surface area contributed by atoms with Gasteiger partial charge in [-0.25, -0.2) is 0 Å². The monoisotopic (exact) mass is 234 g/mol. The third-order valence-electron chi connectivity index (χ3n) is 3.97. The van der Waals surface area contributed by atoms with Gasteiger partial charge in [-0.3, -0.25) is 0 Å². The molecule has 1 saturated heterocycles. The first kappa shape index (κ1) is 10.6. The second kappa shape index (κ2) is 4.05. The predicted molar refractivity (Wildman–Crippen MR) is 66.0 cm³/mol. The highest BCUT2D eigenvalue weighted by Crippen LogP contribution is 2.39. The topological polar surface area (TPSA) is 64.3 Å². The summed E-state index contributed by atoms with van der Waals surface area (Å²) in [5, 5.41) is 0. The van der Waals surface area contributed by atoms with Gasteiger partial charge in [0.1, 0.15) is 5.82 Å². The summed E-state index contributed by atoms with van der Waals surface area (Å²) in [6.45, 7) is 2.20. The van der Waals surface area contributed by atoms with Gasteiger partial charge in [-0.2, -0.15) is 9.97 Å². The fourth-order valence-corrected chi connectivity index (χ4v) is 3.12. The van der Waals surface area contributed by atoms with Crippen molar-refractivity contribution in [1.29, 1.82) is 0 Å². The van der Waals surface area contributed by atoms with E-state index in [2.05, 4.69) is 14.9 Å². The van der Waals surface area contributed by atoms with E-state index in [1.54, 1.807) is 7.11 Å². The Bertz CT molecular complexity index is 411. The molecule has 0 amide bonds. The van der Waals surface area contributed by atoms with Crippen molar-refractivity contribution in [2.24, 2.45) is 11.8 Å². The summed E-state index contributed by atoms with van der Waals surface area (Å²) in [6, 6.07) is 1.87. The fraction of sp³-hybridized carbons (Fsp3) is 0.667. The van der Waals surface area contributed by atoms with Crippen molar-refractivity contribution in [2.45, 2.75) is 19.3 Å². The molecule has 0 spiro atoms. The summed E-state index contributed by atoms with van der Waals surface area (Å²) in [5.74, 6) is 3.43. The molecule has 2 fully saturated rings. The third-order valence-corrected chi connectivity index (χ3v) is 3.97. The van der Waals surface area contributed by atoms with Gasteiger partial charge in [0, 0.05) is 19.2 Å². The SMILES string of the molecule is COc1cc(N2CC3CCCC3C2)nc(N)n1. The lowest BCUT2D eigenvalue weighted by molar-refractivity contribution is 0.397. The van der Waals surface area contributed by atoms with Crippen LogP contribution in [0.4, 0.5) is 11.8 Å². The molecule has 2 aliphatic rings. The predicted octanol–water partition coefficient (Wildman–Crippen LogP) is 1.30. The minimum Gasteiger partial charge on any atom is -0.481 e. The van der Waals surface area contributed by atoms with Gasteiger partial charge in [0.2, 0.25) is 11.8 Å². The number of nitrogens with zero attached hydrogens (tertiary/aromatic N) is 3. The van der Waals surface area contributed by atoms with Crippen molar-refractivity contribution in [3.8, 4) is 5.88 Å². The normalized spacial score (nSPS) is 27.2. The molecule has 1 aliphatic carbocycles. The Hall–Kier alpha value is -1.52. The van der Waals surface area contributed by atoms with Crippen molar-refractivity contribution < 1.29 is 4.74 Å². The van der Waals surface area contributed by atoms with Crippen molar-refractivity contribution in [3.63, 3.8) is 0 Å². The average Bonchev–Trinajstić information content (AvgIpc) is 2.88. The molecule has 1 saturated carbocycles. The fourth-order valence-electron chi connectivity index (χ4n) is 3.12. The smallest absolute Gasteiger partial charge is 0.225 e. The Labute approximate surface area is 101 Å². The van der Waals surface area contributed by atoms with Crippen molar-refractivity contribution >= 4 is 11.8 Å². The first-order chi connectivity index (χ1) is 8.26. The summed E-state index contributed by atoms with van der Waals surface area (Å²) in [4.78, 5) is 10.6. The van der Waals surface area contributed by atoms with Gasteiger partial charge in [-0.15, -0.1) is 0 Å². The van der Waals surface area contributed by atoms with Gasteiger partial charge >= 0.3 is 0 Å². The molecule has 0 aromatic carbocycles. The number of nitrogen functional groups attached to an aromatic ring is 1. The highest BCUT2D eigenvalue weighted by molar-refractivity contribution is 5.46. The molecule has 5 nitrogen and oxygen atoms in total. The van der Waals surface area contributed by atoms with Crippen molar-refractivity contribution in [1.82, 2.24) is 9.97 Å². The number of methoxy groups -OCH3 is 1. The van der Waals surface area contributed by atoms with Gasteiger partial charge in [0.25, 0.3) is 0 Å². The van der Waals surface area contributed by atoms with E-state index in [1.165, 1.54) is 19.3 Å². The van der Waals surface area contributed by atoms with Crippen LogP contribution in [-0.4, -0.2) is 30.2 Å². The van der Waals surface area contributed by atoms with E-state index < -0.39 is 0 Å². The van der Waals surface area contributed by atoms with Crippen LogP contribution >= 0.6 is 0 Å². The van der Waals surface area contributed by atoms with Crippen LogP contribution in [0.1, 0.15) is 19.3 Å². The Morgan fingerprint density at radius 3 is 2.65 bits per heavy atom. The number of fused-ring (bicyclic) bond motifs is 1. The standard InChI is InChI=1S/C12H18N4O/c1-17-11-5-10(14-12(13)15-11)16-6-8-3-2-4-9(8)7-16/h5,8-9H,2-4,6-7H2,1H3,(H2,13,14,15). The lowest BCUT2D eigenvalue weighted by Gasteiger charge is -2.18. The van der Waals surface area contributed by atoms with Gasteiger partial charge in [0.05, 0.1) is 7.11 Å². The first-order valence-electron chi connectivity index (χ1n) is 6.20. The van der Waals surface area contributed by atoms with E-state index in [0.29, 0.717) is 5.88 Å². The summed E-state index contributed by atoms with van der Waals surface area (Å²) >= 11 is 0. The van der Waals surface area contributed by atoms with Gasteiger partial charge in [-0.05, 0) is 24.7 Å². The zero-order valence-electron chi connectivity index (χ0n) is 10.1. The van der Waals surface area contributed by atoms with Crippen molar-refractivity contribution in [2.75, 3.05) is 30.8 Å². The maximum Gasteiger partial charge on any atom is 0.225 e. The molecule has 3 rings (SSSR count). The van der Waals surface area contributed by atoms with Gasteiger partial charge in [-0.1, -0.05) is 6.42 Å². The number of aromatic nitrogens is 2.